The van der Waals surface area contributed by atoms with Gasteiger partial charge in [-0.3, -0.25) is 10.2 Å². The van der Waals surface area contributed by atoms with E-state index >= 15 is 0 Å². The maximum Gasteiger partial charge on any atom is 0.234 e. The van der Waals surface area contributed by atoms with Crippen LogP contribution >= 0.6 is 0 Å². The Morgan fingerprint density at radius 3 is 2.04 bits per heavy atom. The van der Waals surface area contributed by atoms with Gasteiger partial charge in [-0.25, -0.2) is 5.43 Å². The van der Waals surface area contributed by atoms with E-state index in [2.05, 4.69) is 17.8 Å². The van der Waals surface area contributed by atoms with Gasteiger partial charge in [-0.1, -0.05) is 58.3 Å². The second-order valence-corrected chi connectivity index (χ2v) is 7.02. The number of hydrogen-bond donors (Lipinski definition) is 6. The quantitative estimate of drug-likeness (QED) is 0.202. The SMILES string of the molecule is CCCCCCCCCCCC(=O)NN[C@@H]1O[C@H](CO)[C@@H](O)[C@H](O)[C@H]1O. The maximum atomic E-state index is 11.8. The third-order valence-corrected chi connectivity index (χ3v) is 4.75. The molecule has 1 heterocycles. The van der Waals surface area contributed by atoms with Crippen LogP contribution in [-0.4, -0.2) is 63.6 Å². The summed E-state index contributed by atoms with van der Waals surface area (Å²) in [5, 5.41) is 38.3. The van der Waals surface area contributed by atoms with Crippen molar-refractivity contribution in [1.82, 2.24) is 10.9 Å². The Bertz CT molecular complexity index is 383. The fourth-order valence-corrected chi connectivity index (χ4v) is 3.03. The molecule has 0 unspecified atom stereocenters. The lowest BCUT2D eigenvalue weighted by atomic mass is 9.99. The van der Waals surface area contributed by atoms with Gasteiger partial charge in [0.1, 0.15) is 24.4 Å². The normalized spacial score (nSPS) is 28.9. The number of ether oxygens (including phenoxy) is 1. The number of amides is 1. The van der Waals surface area contributed by atoms with Gasteiger partial charge in [-0.05, 0) is 6.42 Å². The molecule has 26 heavy (non-hydrogen) atoms. The van der Waals surface area contributed by atoms with E-state index in [1.807, 2.05) is 0 Å². The van der Waals surface area contributed by atoms with Gasteiger partial charge >= 0.3 is 0 Å². The van der Waals surface area contributed by atoms with E-state index in [9.17, 15) is 20.1 Å². The minimum atomic E-state index is -1.47. The largest absolute Gasteiger partial charge is 0.394 e. The summed E-state index contributed by atoms with van der Waals surface area (Å²) in [6, 6.07) is 0. The lowest BCUT2D eigenvalue weighted by Gasteiger charge is -2.40. The second kappa shape index (κ2) is 13.4. The van der Waals surface area contributed by atoms with Crippen LogP contribution < -0.4 is 10.9 Å². The lowest BCUT2D eigenvalue weighted by molar-refractivity contribution is -0.238. The Kier molecular flexibility index (Phi) is 12.0. The molecule has 1 saturated heterocycles. The van der Waals surface area contributed by atoms with Crippen molar-refractivity contribution in [2.45, 2.75) is 102 Å². The number of aliphatic hydroxyl groups excluding tert-OH is 4. The molecule has 5 atom stereocenters. The molecule has 1 aliphatic rings. The molecule has 1 rings (SSSR count). The summed E-state index contributed by atoms with van der Waals surface area (Å²) < 4.78 is 5.24. The first-order valence-corrected chi connectivity index (χ1v) is 9.86. The fraction of sp³-hybridized carbons (Fsp3) is 0.944. The minimum absolute atomic E-state index is 0.232. The summed E-state index contributed by atoms with van der Waals surface area (Å²) in [6.07, 6.45) is 4.50. The van der Waals surface area contributed by atoms with Gasteiger partial charge in [0.2, 0.25) is 5.91 Å². The van der Waals surface area contributed by atoms with Crippen LogP contribution in [0.1, 0.15) is 71.1 Å². The topological polar surface area (TPSA) is 131 Å². The Labute approximate surface area is 155 Å². The zero-order chi connectivity index (χ0) is 19.4. The smallest absolute Gasteiger partial charge is 0.234 e. The lowest BCUT2D eigenvalue weighted by Crippen LogP contribution is -2.64. The second-order valence-electron chi connectivity index (χ2n) is 7.02. The number of unbranched alkanes of at least 4 members (excludes halogenated alkanes) is 8. The predicted octanol–water partition coefficient (Wildman–Crippen LogP) is 0.328. The first-order chi connectivity index (χ1) is 12.5. The molecule has 8 nitrogen and oxygen atoms in total. The average molecular weight is 376 g/mol. The highest BCUT2D eigenvalue weighted by molar-refractivity contribution is 5.75. The summed E-state index contributed by atoms with van der Waals surface area (Å²) >= 11 is 0. The highest BCUT2D eigenvalue weighted by atomic mass is 16.6. The van der Waals surface area contributed by atoms with E-state index in [1.54, 1.807) is 0 Å². The molecule has 8 heteroatoms. The van der Waals surface area contributed by atoms with Crippen molar-refractivity contribution in [3.8, 4) is 0 Å². The van der Waals surface area contributed by atoms with Crippen LogP contribution in [0.4, 0.5) is 0 Å². The van der Waals surface area contributed by atoms with E-state index in [-0.39, 0.29) is 5.91 Å². The highest BCUT2D eigenvalue weighted by Gasteiger charge is 2.43. The monoisotopic (exact) mass is 376 g/mol. The molecule has 0 saturated carbocycles. The molecule has 0 aromatic heterocycles. The summed E-state index contributed by atoms with van der Waals surface area (Å²) in [5.74, 6) is -0.232. The number of hydrogen-bond acceptors (Lipinski definition) is 7. The first-order valence-electron chi connectivity index (χ1n) is 9.86. The van der Waals surface area contributed by atoms with E-state index in [1.165, 1.54) is 38.5 Å². The van der Waals surface area contributed by atoms with Gasteiger partial charge in [-0.15, -0.1) is 0 Å². The molecule has 0 radical (unpaired) electrons. The average Bonchev–Trinajstić information content (AvgIpc) is 2.64. The van der Waals surface area contributed by atoms with Crippen LogP contribution in [0.5, 0.6) is 0 Å². The van der Waals surface area contributed by atoms with Crippen molar-refractivity contribution in [1.29, 1.82) is 0 Å². The third kappa shape index (κ3) is 8.28. The van der Waals surface area contributed by atoms with Crippen LogP contribution in [0.2, 0.25) is 0 Å². The number of carbonyl (C=O) groups excluding carboxylic acids is 1. The molecule has 0 aromatic rings. The van der Waals surface area contributed by atoms with Crippen molar-refractivity contribution in [3.63, 3.8) is 0 Å². The van der Waals surface area contributed by atoms with Crippen molar-refractivity contribution >= 4 is 5.91 Å². The maximum absolute atomic E-state index is 11.8. The minimum Gasteiger partial charge on any atom is -0.394 e. The molecule has 0 spiro atoms. The summed E-state index contributed by atoms with van der Waals surface area (Å²) in [4.78, 5) is 11.8. The van der Waals surface area contributed by atoms with Gasteiger partial charge in [0.15, 0.2) is 6.23 Å². The molecule has 1 amide bonds. The molecule has 6 N–H and O–H groups in total. The van der Waals surface area contributed by atoms with Crippen molar-refractivity contribution in [2.24, 2.45) is 0 Å². The molecule has 1 aliphatic heterocycles. The van der Waals surface area contributed by atoms with Crippen LogP contribution in [0.15, 0.2) is 0 Å². The molecule has 0 aromatic carbocycles. The van der Waals surface area contributed by atoms with Crippen LogP contribution in [0.25, 0.3) is 0 Å². The van der Waals surface area contributed by atoms with Crippen molar-refractivity contribution < 1.29 is 30.0 Å². The number of aliphatic hydroxyl groups is 4. The van der Waals surface area contributed by atoms with Crippen LogP contribution in [-0.2, 0) is 9.53 Å². The highest BCUT2D eigenvalue weighted by Crippen LogP contribution is 2.19. The molecular formula is C18H36N2O6. The van der Waals surface area contributed by atoms with Crippen LogP contribution in [0.3, 0.4) is 0 Å². The van der Waals surface area contributed by atoms with Gasteiger partial charge in [0.25, 0.3) is 0 Å². The number of rotatable bonds is 13. The van der Waals surface area contributed by atoms with E-state index in [0.717, 1.165) is 19.3 Å². The molecule has 1 fully saturated rings. The standard InChI is InChI=1S/C18H36N2O6/c1-2-3-4-5-6-7-8-9-10-11-14(22)19-20-18-17(25)16(24)15(23)13(12-21)26-18/h13,15-18,20-21,23-25H,2-12H2,1H3,(H,19,22)/t13-,15-,16+,17-,18-/m1/s1. The first kappa shape index (κ1) is 23.3. The van der Waals surface area contributed by atoms with Gasteiger partial charge in [-0.2, -0.15) is 0 Å². The Morgan fingerprint density at radius 1 is 0.885 bits per heavy atom. The summed E-state index contributed by atoms with van der Waals surface area (Å²) in [6.45, 7) is 1.70. The van der Waals surface area contributed by atoms with Gasteiger partial charge < -0.3 is 25.2 Å². The Hall–Kier alpha value is -0.770. The van der Waals surface area contributed by atoms with E-state index < -0.39 is 37.3 Å². The van der Waals surface area contributed by atoms with E-state index in [0.29, 0.717) is 6.42 Å². The zero-order valence-corrected chi connectivity index (χ0v) is 15.8. The zero-order valence-electron chi connectivity index (χ0n) is 15.8. The Balaban J connectivity index is 2.10. The molecule has 154 valence electrons. The third-order valence-electron chi connectivity index (χ3n) is 4.75. The molecule has 0 aliphatic carbocycles. The molecule has 0 bridgehead atoms. The summed E-state index contributed by atoms with van der Waals surface area (Å²) in [5.41, 5.74) is 4.95. The van der Waals surface area contributed by atoms with Crippen LogP contribution in [0, 0.1) is 0 Å². The van der Waals surface area contributed by atoms with Gasteiger partial charge in [0.05, 0.1) is 6.61 Å². The number of hydrazine groups is 1. The number of nitrogens with one attached hydrogen (secondary N) is 2. The predicted molar refractivity (Wildman–Crippen MR) is 96.9 cm³/mol. The van der Waals surface area contributed by atoms with Gasteiger partial charge in [0, 0.05) is 6.42 Å². The fourth-order valence-electron chi connectivity index (χ4n) is 3.03. The number of carbonyl (C=O) groups is 1. The van der Waals surface area contributed by atoms with Crippen molar-refractivity contribution in [2.75, 3.05) is 6.61 Å². The van der Waals surface area contributed by atoms with Crippen molar-refractivity contribution in [3.05, 3.63) is 0 Å². The molecular weight excluding hydrogens is 340 g/mol. The van der Waals surface area contributed by atoms with E-state index in [4.69, 9.17) is 9.84 Å². The Morgan fingerprint density at radius 2 is 1.46 bits per heavy atom. The summed E-state index contributed by atoms with van der Waals surface area (Å²) in [7, 11) is 0.